The van der Waals surface area contributed by atoms with E-state index in [-0.39, 0.29) is 18.7 Å². The molecule has 0 radical (unpaired) electrons. The van der Waals surface area contributed by atoms with Gasteiger partial charge in [0.05, 0.1) is 23.2 Å². The van der Waals surface area contributed by atoms with Gasteiger partial charge < -0.3 is 9.84 Å². The normalized spacial score (nSPS) is 12.3. The highest BCUT2D eigenvalue weighted by molar-refractivity contribution is 6.34. The first kappa shape index (κ1) is 16.8. The second-order valence-electron chi connectivity index (χ2n) is 5.26. The number of benzene rings is 2. The third kappa shape index (κ3) is 3.70. The summed E-state index contributed by atoms with van der Waals surface area (Å²) in [5.41, 5.74) is -0.257. The number of hydrogen-bond acceptors (Lipinski definition) is 4. The first-order valence-electron chi connectivity index (χ1n) is 7.25. The lowest BCUT2D eigenvalue weighted by atomic mass is 10.2. The van der Waals surface area contributed by atoms with Crippen molar-refractivity contribution >= 4 is 34.0 Å². The van der Waals surface area contributed by atoms with Crippen molar-refractivity contribution in [1.29, 1.82) is 0 Å². The number of aliphatic hydroxyl groups excluding tert-OH is 1. The van der Waals surface area contributed by atoms with E-state index in [9.17, 15) is 9.90 Å². The van der Waals surface area contributed by atoms with Gasteiger partial charge in [-0.2, -0.15) is 5.10 Å². The molecule has 124 valence electrons. The molecule has 24 heavy (non-hydrogen) atoms. The van der Waals surface area contributed by atoms with Crippen molar-refractivity contribution in [2.75, 3.05) is 6.61 Å². The Labute approximate surface area is 148 Å². The lowest BCUT2D eigenvalue weighted by Gasteiger charge is -2.14. The van der Waals surface area contributed by atoms with Gasteiger partial charge >= 0.3 is 0 Å². The molecule has 7 heteroatoms. The average molecular weight is 365 g/mol. The Bertz CT molecular complexity index is 927. The third-order valence-corrected chi connectivity index (χ3v) is 4.02. The van der Waals surface area contributed by atoms with Crippen molar-refractivity contribution < 1.29 is 9.84 Å². The van der Waals surface area contributed by atoms with Crippen molar-refractivity contribution in [3.8, 4) is 5.75 Å². The van der Waals surface area contributed by atoms with Gasteiger partial charge in [0.25, 0.3) is 5.56 Å². The standard InChI is InChI=1S/C17H14Cl2N2O3/c18-12-5-6-15(19)16(7-12)24-10-13(22)9-21-17(23)14-4-2-1-3-11(14)8-20-21/h1-8,13,22H,9-10H2. The smallest absolute Gasteiger partial charge is 0.274 e. The molecule has 0 fully saturated rings. The number of aromatic nitrogens is 2. The molecule has 0 saturated heterocycles. The van der Waals surface area contributed by atoms with Crippen LogP contribution in [0.5, 0.6) is 5.75 Å². The fraction of sp³-hybridized carbons (Fsp3) is 0.176. The highest BCUT2D eigenvalue weighted by Crippen LogP contribution is 2.27. The Morgan fingerprint density at radius 3 is 2.83 bits per heavy atom. The summed E-state index contributed by atoms with van der Waals surface area (Å²) < 4.78 is 6.69. The highest BCUT2D eigenvalue weighted by atomic mass is 35.5. The summed E-state index contributed by atoms with van der Waals surface area (Å²) >= 11 is 11.9. The summed E-state index contributed by atoms with van der Waals surface area (Å²) in [4.78, 5) is 12.3. The lowest BCUT2D eigenvalue weighted by Crippen LogP contribution is -2.31. The van der Waals surface area contributed by atoms with Gasteiger partial charge in [-0.1, -0.05) is 41.4 Å². The van der Waals surface area contributed by atoms with Gasteiger partial charge in [-0.05, 0) is 18.2 Å². The topological polar surface area (TPSA) is 64.4 Å². The molecule has 1 atom stereocenters. The fourth-order valence-electron chi connectivity index (χ4n) is 2.28. The van der Waals surface area contributed by atoms with E-state index in [2.05, 4.69) is 5.10 Å². The Morgan fingerprint density at radius 2 is 2.00 bits per heavy atom. The van der Waals surface area contributed by atoms with Crippen LogP contribution in [0.25, 0.3) is 10.8 Å². The number of rotatable bonds is 5. The minimum atomic E-state index is -0.925. The minimum absolute atomic E-state index is 0.0157. The van der Waals surface area contributed by atoms with Crippen LogP contribution >= 0.6 is 23.2 Å². The molecule has 1 heterocycles. The molecule has 0 spiro atoms. The predicted octanol–water partition coefficient (Wildman–Crippen LogP) is 3.14. The maximum atomic E-state index is 12.3. The molecule has 0 amide bonds. The first-order chi connectivity index (χ1) is 11.5. The van der Waals surface area contributed by atoms with Crippen LogP contribution in [0.2, 0.25) is 10.0 Å². The van der Waals surface area contributed by atoms with Crippen molar-refractivity contribution in [1.82, 2.24) is 9.78 Å². The molecule has 3 rings (SSSR count). The molecule has 5 nitrogen and oxygen atoms in total. The number of ether oxygens (including phenoxy) is 1. The largest absolute Gasteiger partial charge is 0.489 e. The van der Waals surface area contributed by atoms with E-state index in [1.807, 2.05) is 12.1 Å². The molecule has 1 unspecified atom stereocenters. The SMILES string of the molecule is O=c1c2ccccc2cnn1CC(O)COc1cc(Cl)ccc1Cl. The Kier molecular flexibility index (Phi) is 5.04. The van der Waals surface area contributed by atoms with Crippen LogP contribution < -0.4 is 10.3 Å². The number of halogens is 2. The van der Waals surface area contributed by atoms with Crippen molar-refractivity contribution in [2.24, 2.45) is 0 Å². The van der Waals surface area contributed by atoms with Crippen LogP contribution in [0, 0.1) is 0 Å². The van der Waals surface area contributed by atoms with Gasteiger partial charge in [0.15, 0.2) is 0 Å². The number of fused-ring (bicyclic) bond motifs is 1. The zero-order chi connectivity index (χ0) is 17.1. The minimum Gasteiger partial charge on any atom is -0.489 e. The molecule has 0 bridgehead atoms. The monoisotopic (exact) mass is 364 g/mol. The van der Waals surface area contributed by atoms with Crippen LogP contribution in [0.4, 0.5) is 0 Å². The second-order valence-corrected chi connectivity index (χ2v) is 6.10. The third-order valence-electron chi connectivity index (χ3n) is 3.47. The molecular formula is C17H14Cl2N2O3. The van der Waals surface area contributed by atoms with Crippen LogP contribution in [0.1, 0.15) is 0 Å². The van der Waals surface area contributed by atoms with Crippen molar-refractivity contribution in [3.05, 3.63) is 69.1 Å². The van der Waals surface area contributed by atoms with Crippen LogP contribution in [0.3, 0.4) is 0 Å². The van der Waals surface area contributed by atoms with E-state index in [1.165, 1.54) is 4.68 Å². The highest BCUT2D eigenvalue weighted by Gasteiger charge is 2.12. The molecule has 1 N–H and O–H groups in total. The summed E-state index contributed by atoms with van der Waals surface area (Å²) in [7, 11) is 0. The second kappa shape index (κ2) is 7.21. The molecule has 0 aliphatic rings. The van der Waals surface area contributed by atoms with E-state index >= 15 is 0 Å². The number of nitrogens with zero attached hydrogens (tertiary/aromatic N) is 2. The zero-order valence-corrected chi connectivity index (χ0v) is 14.0. The van der Waals surface area contributed by atoms with Gasteiger partial charge in [0.2, 0.25) is 0 Å². The molecule has 2 aromatic carbocycles. The number of aliphatic hydroxyl groups is 1. The Balaban J connectivity index is 1.71. The lowest BCUT2D eigenvalue weighted by molar-refractivity contribution is 0.0882. The van der Waals surface area contributed by atoms with E-state index < -0.39 is 6.10 Å². The molecule has 1 aromatic heterocycles. The average Bonchev–Trinajstić information content (AvgIpc) is 2.58. The maximum absolute atomic E-state index is 12.3. The Hall–Kier alpha value is -2.08. The van der Waals surface area contributed by atoms with Gasteiger partial charge in [-0.3, -0.25) is 4.79 Å². The van der Waals surface area contributed by atoms with Crippen molar-refractivity contribution in [2.45, 2.75) is 12.6 Å². The first-order valence-corrected chi connectivity index (χ1v) is 8.01. The van der Waals surface area contributed by atoms with E-state index in [0.29, 0.717) is 21.2 Å². The summed E-state index contributed by atoms with van der Waals surface area (Å²) in [6.45, 7) is -0.0249. The van der Waals surface area contributed by atoms with E-state index in [4.69, 9.17) is 27.9 Å². The quantitative estimate of drug-likeness (QED) is 0.755. The number of hydrogen-bond donors (Lipinski definition) is 1. The summed E-state index contributed by atoms with van der Waals surface area (Å²) in [5.74, 6) is 0.377. The molecule has 0 aliphatic carbocycles. The van der Waals surface area contributed by atoms with Crippen LogP contribution in [-0.4, -0.2) is 27.6 Å². The molecule has 3 aromatic rings. The predicted molar refractivity (Wildman–Crippen MR) is 94.0 cm³/mol. The zero-order valence-electron chi connectivity index (χ0n) is 12.5. The molecular weight excluding hydrogens is 351 g/mol. The summed E-state index contributed by atoms with van der Waals surface area (Å²) in [5, 5.41) is 16.4. The van der Waals surface area contributed by atoms with Gasteiger partial charge in [0.1, 0.15) is 18.5 Å². The van der Waals surface area contributed by atoms with E-state index in [0.717, 1.165) is 5.39 Å². The van der Waals surface area contributed by atoms with Gasteiger partial charge in [0, 0.05) is 16.5 Å². The molecule has 0 aliphatic heterocycles. The van der Waals surface area contributed by atoms with Gasteiger partial charge in [-0.15, -0.1) is 0 Å². The fourth-order valence-corrected chi connectivity index (χ4v) is 2.62. The maximum Gasteiger partial charge on any atom is 0.274 e. The summed E-state index contributed by atoms with van der Waals surface area (Å²) in [6.07, 6.45) is 0.671. The summed E-state index contributed by atoms with van der Waals surface area (Å²) in [6, 6.07) is 12.0. The van der Waals surface area contributed by atoms with E-state index in [1.54, 1.807) is 36.5 Å². The van der Waals surface area contributed by atoms with Crippen LogP contribution in [0.15, 0.2) is 53.5 Å². The van der Waals surface area contributed by atoms with Crippen LogP contribution in [-0.2, 0) is 6.54 Å². The molecule has 0 saturated carbocycles. The van der Waals surface area contributed by atoms with Gasteiger partial charge in [-0.25, -0.2) is 4.68 Å². The Morgan fingerprint density at radius 1 is 1.21 bits per heavy atom. The van der Waals surface area contributed by atoms with Crippen molar-refractivity contribution in [3.63, 3.8) is 0 Å².